The molecule has 3 heterocycles. The number of carbonyl (C=O) groups excluding carboxylic acids is 1. The average molecular weight is 275 g/mol. The van der Waals surface area contributed by atoms with Crippen molar-refractivity contribution in [3.63, 3.8) is 0 Å². The molecule has 3 atom stereocenters. The van der Waals surface area contributed by atoms with Gasteiger partial charge in [-0.15, -0.1) is 0 Å². The lowest BCUT2D eigenvalue weighted by Crippen LogP contribution is -2.78. The zero-order chi connectivity index (χ0) is 13.9. The van der Waals surface area contributed by atoms with Crippen molar-refractivity contribution >= 4 is 5.78 Å². The van der Waals surface area contributed by atoms with E-state index in [1.165, 1.54) is 11.8 Å². The lowest BCUT2D eigenvalue weighted by Gasteiger charge is -2.59. The van der Waals surface area contributed by atoms with Crippen LogP contribution in [0.4, 0.5) is 8.78 Å². The number of carbonyl (C=O) groups is 1. The largest absolute Gasteiger partial charge is 0.394 e. The molecule has 0 radical (unpaired) electrons. The van der Waals surface area contributed by atoms with Gasteiger partial charge in [0.2, 0.25) is 0 Å². The SMILES string of the molecule is CC12CCN(CC1(F)F)C(CO)(COC1CC1)C2=O. The summed E-state index contributed by atoms with van der Waals surface area (Å²) in [5.74, 6) is -3.59. The zero-order valence-corrected chi connectivity index (χ0v) is 11.0. The summed E-state index contributed by atoms with van der Waals surface area (Å²) in [5.41, 5.74) is -2.94. The van der Waals surface area contributed by atoms with Crippen molar-refractivity contribution in [2.75, 3.05) is 26.3 Å². The number of rotatable bonds is 4. The van der Waals surface area contributed by atoms with Crippen LogP contribution in [0.2, 0.25) is 0 Å². The fourth-order valence-corrected chi connectivity index (χ4v) is 3.20. The van der Waals surface area contributed by atoms with Gasteiger partial charge in [0.25, 0.3) is 5.92 Å². The minimum atomic E-state index is -3.03. The first kappa shape index (κ1) is 13.4. The second kappa shape index (κ2) is 3.96. The maximum absolute atomic E-state index is 14.0. The van der Waals surface area contributed by atoms with Gasteiger partial charge in [0.1, 0.15) is 5.54 Å². The molecule has 0 amide bonds. The molecule has 3 unspecified atom stereocenters. The second-order valence-electron chi connectivity index (χ2n) is 6.24. The Morgan fingerprint density at radius 3 is 2.68 bits per heavy atom. The molecule has 0 aromatic rings. The van der Waals surface area contributed by atoms with Crippen molar-refractivity contribution in [2.24, 2.45) is 5.41 Å². The third kappa shape index (κ3) is 1.69. The first-order valence-corrected chi connectivity index (χ1v) is 6.76. The van der Waals surface area contributed by atoms with Gasteiger partial charge in [-0.1, -0.05) is 0 Å². The minimum absolute atomic E-state index is 0.0265. The number of fused-ring (bicyclic) bond motifs is 3. The van der Waals surface area contributed by atoms with E-state index >= 15 is 0 Å². The molecule has 0 aromatic heterocycles. The van der Waals surface area contributed by atoms with Gasteiger partial charge >= 0.3 is 0 Å². The molecule has 19 heavy (non-hydrogen) atoms. The van der Waals surface area contributed by atoms with Gasteiger partial charge in [-0.25, -0.2) is 8.78 Å². The molecular formula is C13H19F2NO3. The fourth-order valence-electron chi connectivity index (χ4n) is 3.20. The number of aliphatic hydroxyl groups is 1. The van der Waals surface area contributed by atoms with E-state index in [1.807, 2.05) is 0 Å². The Labute approximate surface area is 110 Å². The second-order valence-corrected chi connectivity index (χ2v) is 6.24. The Morgan fingerprint density at radius 2 is 2.16 bits per heavy atom. The summed E-state index contributed by atoms with van der Waals surface area (Å²) in [7, 11) is 0. The normalized spacial score (nSPS) is 44.6. The molecule has 6 heteroatoms. The smallest absolute Gasteiger partial charge is 0.272 e. The molecule has 1 aliphatic carbocycles. The van der Waals surface area contributed by atoms with E-state index in [4.69, 9.17) is 4.74 Å². The number of ketones is 1. The molecule has 1 saturated carbocycles. The molecule has 3 aliphatic heterocycles. The van der Waals surface area contributed by atoms with Crippen LogP contribution >= 0.6 is 0 Å². The van der Waals surface area contributed by atoms with Crippen molar-refractivity contribution in [3.8, 4) is 0 Å². The molecule has 3 saturated heterocycles. The van der Waals surface area contributed by atoms with Crippen LogP contribution in [0, 0.1) is 5.41 Å². The molecule has 2 bridgehead atoms. The Bertz CT molecular complexity index is 413. The third-order valence-corrected chi connectivity index (χ3v) is 4.95. The van der Waals surface area contributed by atoms with Crippen LogP contribution in [-0.4, -0.2) is 59.7 Å². The van der Waals surface area contributed by atoms with Gasteiger partial charge in [0, 0.05) is 6.54 Å². The zero-order valence-electron chi connectivity index (χ0n) is 11.0. The maximum Gasteiger partial charge on any atom is 0.272 e. The lowest BCUT2D eigenvalue weighted by atomic mass is 9.62. The number of ether oxygens (including phenoxy) is 1. The number of hydrogen-bond donors (Lipinski definition) is 1. The molecule has 108 valence electrons. The third-order valence-electron chi connectivity index (χ3n) is 4.95. The van der Waals surface area contributed by atoms with Crippen molar-refractivity contribution in [2.45, 2.75) is 43.8 Å². The molecular weight excluding hydrogens is 256 g/mol. The summed E-state index contributed by atoms with van der Waals surface area (Å²) in [5, 5.41) is 9.66. The number of halogens is 2. The van der Waals surface area contributed by atoms with E-state index in [-0.39, 0.29) is 19.1 Å². The van der Waals surface area contributed by atoms with E-state index in [0.717, 1.165) is 12.8 Å². The van der Waals surface area contributed by atoms with Crippen LogP contribution in [0.1, 0.15) is 26.2 Å². The van der Waals surface area contributed by atoms with Crippen LogP contribution in [0.15, 0.2) is 0 Å². The van der Waals surface area contributed by atoms with Gasteiger partial charge in [0.15, 0.2) is 5.78 Å². The summed E-state index contributed by atoms with van der Waals surface area (Å²) in [6, 6.07) is 0. The van der Waals surface area contributed by atoms with E-state index in [9.17, 15) is 18.7 Å². The Balaban J connectivity index is 1.90. The molecule has 1 N–H and O–H groups in total. The van der Waals surface area contributed by atoms with Gasteiger partial charge in [-0.2, -0.15) is 0 Å². The number of nitrogens with zero attached hydrogens (tertiary/aromatic N) is 1. The first-order valence-electron chi connectivity index (χ1n) is 6.76. The summed E-state index contributed by atoms with van der Waals surface area (Å²) in [6.07, 6.45) is 2.17. The van der Waals surface area contributed by atoms with Crippen molar-refractivity contribution in [1.82, 2.24) is 4.90 Å². The van der Waals surface area contributed by atoms with Crippen LogP contribution in [0.25, 0.3) is 0 Å². The van der Waals surface area contributed by atoms with Crippen molar-refractivity contribution in [3.05, 3.63) is 0 Å². The predicted molar refractivity (Wildman–Crippen MR) is 63.0 cm³/mol. The Morgan fingerprint density at radius 1 is 1.47 bits per heavy atom. The Kier molecular flexibility index (Phi) is 2.79. The maximum atomic E-state index is 14.0. The van der Waals surface area contributed by atoms with Gasteiger partial charge in [-0.05, 0) is 26.2 Å². The number of hydrogen-bond acceptors (Lipinski definition) is 4. The Hall–Kier alpha value is -0.590. The fraction of sp³-hybridized carbons (Fsp3) is 0.923. The molecule has 0 aromatic carbocycles. The standard InChI is InChI=1S/C13H19F2NO3/c1-11-4-5-16(6-13(11,14)15)12(7-17,10(11)18)8-19-9-2-3-9/h9,17H,2-8H2,1H3. The number of alkyl halides is 2. The van der Waals surface area contributed by atoms with Crippen molar-refractivity contribution < 1.29 is 23.4 Å². The highest BCUT2D eigenvalue weighted by Crippen LogP contribution is 2.53. The average Bonchev–Trinajstić information content (AvgIpc) is 3.16. The van der Waals surface area contributed by atoms with E-state index < -0.39 is 35.8 Å². The molecule has 4 aliphatic rings. The lowest BCUT2D eigenvalue weighted by molar-refractivity contribution is -0.232. The van der Waals surface area contributed by atoms with E-state index in [1.54, 1.807) is 0 Å². The van der Waals surface area contributed by atoms with E-state index in [2.05, 4.69) is 0 Å². The molecule has 4 rings (SSSR count). The first-order chi connectivity index (χ1) is 8.86. The van der Waals surface area contributed by atoms with Gasteiger partial charge < -0.3 is 9.84 Å². The highest BCUT2D eigenvalue weighted by atomic mass is 19.3. The predicted octanol–water partition coefficient (Wildman–Crippen LogP) is 0.827. The summed E-state index contributed by atoms with van der Waals surface area (Å²) in [4.78, 5) is 14.0. The highest BCUT2D eigenvalue weighted by Gasteiger charge is 2.70. The monoisotopic (exact) mass is 275 g/mol. The summed E-state index contributed by atoms with van der Waals surface area (Å²) in [6.45, 7) is 0.840. The molecule has 4 fully saturated rings. The van der Waals surface area contributed by atoms with E-state index in [0.29, 0.717) is 6.54 Å². The molecule has 0 spiro atoms. The van der Waals surface area contributed by atoms with Crippen LogP contribution < -0.4 is 0 Å². The van der Waals surface area contributed by atoms with Gasteiger partial charge in [0.05, 0.1) is 31.3 Å². The quantitative estimate of drug-likeness (QED) is 0.825. The topological polar surface area (TPSA) is 49.8 Å². The number of piperidine rings is 3. The number of aliphatic hydroxyl groups excluding tert-OH is 1. The van der Waals surface area contributed by atoms with Crippen LogP contribution in [0.5, 0.6) is 0 Å². The number of Topliss-reactive ketones (excluding diaryl/α,β-unsaturated/α-hetero) is 1. The molecule has 4 nitrogen and oxygen atoms in total. The van der Waals surface area contributed by atoms with Gasteiger partial charge in [-0.3, -0.25) is 9.69 Å². The van der Waals surface area contributed by atoms with Crippen molar-refractivity contribution in [1.29, 1.82) is 0 Å². The summed E-state index contributed by atoms with van der Waals surface area (Å²) < 4.78 is 33.6. The van der Waals surface area contributed by atoms with Crippen LogP contribution in [0.3, 0.4) is 0 Å². The van der Waals surface area contributed by atoms with Crippen LogP contribution in [-0.2, 0) is 9.53 Å². The summed E-state index contributed by atoms with van der Waals surface area (Å²) >= 11 is 0. The minimum Gasteiger partial charge on any atom is -0.394 e. The highest BCUT2D eigenvalue weighted by molar-refractivity contribution is 5.96.